The number of carboxylic acid groups (broad SMARTS) is 1. The Bertz CT molecular complexity index is 516. The van der Waals surface area contributed by atoms with Crippen molar-refractivity contribution < 1.29 is 19.4 Å². The highest BCUT2D eigenvalue weighted by Gasteiger charge is 2.43. The topological polar surface area (TPSA) is 75.6 Å². The van der Waals surface area contributed by atoms with Crippen molar-refractivity contribution in [1.82, 2.24) is 0 Å². The Morgan fingerprint density at radius 2 is 1.85 bits per heavy atom. The van der Waals surface area contributed by atoms with E-state index in [2.05, 4.69) is 5.32 Å². The summed E-state index contributed by atoms with van der Waals surface area (Å²) in [4.78, 5) is 22.4. The van der Waals surface area contributed by atoms with Crippen molar-refractivity contribution >= 4 is 17.7 Å². The predicted molar refractivity (Wildman–Crippen MR) is 74.8 cm³/mol. The summed E-state index contributed by atoms with van der Waals surface area (Å²) in [6, 6.07) is 7.22. The minimum atomic E-state index is -0.744. The molecule has 1 aromatic carbocycles. The van der Waals surface area contributed by atoms with Crippen LogP contribution in [0.5, 0.6) is 0 Å². The van der Waals surface area contributed by atoms with Gasteiger partial charge in [0, 0.05) is 5.69 Å². The fourth-order valence-electron chi connectivity index (χ4n) is 2.07. The Morgan fingerprint density at radius 3 is 2.30 bits per heavy atom. The van der Waals surface area contributed by atoms with Crippen LogP contribution in [0, 0.1) is 5.92 Å². The van der Waals surface area contributed by atoms with Gasteiger partial charge in [-0.3, -0.25) is 10.1 Å². The van der Waals surface area contributed by atoms with Crippen LogP contribution in [0.1, 0.15) is 38.7 Å². The van der Waals surface area contributed by atoms with Crippen LogP contribution >= 0.6 is 0 Å². The maximum Gasteiger partial charge on any atom is 0.412 e. The molecule has 1 aliphatic rings. The number of amides is 1. The average Bonchev–Trinajstić information content (AvgIpc) is 3.07. The number of carbonyl (C=O) groups excluding carboxylic acids is 1. The summed E-state index contributed by atoms with van der Waals surface area (Å²) in [5.74, 6) is -0.909. The second-order valence-corrected chi connectivity index (χ2v) is 6.04. The monoisotopic (exact) mass is 277 g/mol. The smallest absolute Gasteiger partial charge is 0.412 e. The van der Waals surface area contributed by atoms with Gasteiger partial charge < -0.3 is 9.84 Å². The van der Waals surface area contributed by atoms with E-state index in [0.29, 0.717) is 12.1 Å². The first kappa shape index (κ1) is 14.4. The molecule has 0 bridgehead atoms. The molecule has 0 aromatic heterocycles. The molecule has 0 spiro atoms. The van der Waals surface area contributed by atoms with E-state index in [0.717, 1.165) is 5.56 Å². The Morgan fingerprint density at radius 1 is 1.25 bits per heavy atom. The Kier molecular flexibility index (Phi) is 3.70. The molecule has 0 aliphatic heterocycles. The highest BCUT2D eigenvalue weighted by Crippen LogP contribution is 2.47. The van der Waals surface area contributed by atoms with Crippen LogP contribution in [0.3, 0.4) is 0 Å². The zero-order valence-corrected chi connectivity index (χ0v) is 11.8. The van der Waals surface area contributed by atoms with E-state index in [-0.39, 0.29) is 11.8 Å². The molecule has 5 heteroatoms. The summed E-state index contributed by atoms with van der Waals surface area (Å²) in [7, 11) is 0. The number of anilines is 1. The molecule has 1 aromatic rings. The van der Waals surface area contributed by atoms with Crippen molar-refractivity contribution in [3.8, 4) is 0 Å². The zero-order valence-electron chi connectivity index (χ0n) is 11.8. The van der Waals surface area contributed by atoms with Crippen molar-refractivity contribution in [2.75, 3.05) is 5.32 Å². The molecule has 0 saturated heterocycles. The minimum Gasteiger partial charge on any atom is -0.481 e. The summed E-state index contributed by atoms with van der Waals surface area (Å²) in [6.45, 7) is 5.40. The van der Waals surface area contributed by atoms with Crippen LogP contribution in [0.4, 0.5) is 10.5 Å². The van der Waals surface area contributed by atoms with Crippen LogP contribution in [0.15, 0.2) is 24.3 Å². The molecule has 2 atom stereocenters. The third-order valence-electron chi connectivity index (χ3n) is 3.09. The standard InChI is InChI=1S/C15H19NO4/c1-15(2,3)20-14(19)16-10-6-4-9(5-7-10)11-8-12(11)13(17)18/h4-7,11-12H,8H2,1-3H3,(H,16,19)(H,17,18). The van der Waals surface area contributed by atoms with Gasteiger partial charge in [-0.15, -0.1) is 0 Å². The van der Waals surface area contributed by atoms with Gasteiger partial charge in [0.1, 0.15) is 5.60 Å². The Hall–Kier alpha value is -2.04. The van der Waals surface area contributed by atoms with Crippen molar-refractivity contribution in [3.63, 3.8) is 0 Å². The number of rotatable bonds is 3. The lowest BCUT2D eigenvalue weighted by Crippen LogP contribution is -2.27. The molecule has 20 heavy (non-hydrogen) atoms. The van der Waals surface area contributed by atoms with Gasteiger partial charge in [0.25, 0.3) is 0 Å². The molecular formula is C15H19NO4. The molecular weight excluding hydrogens is 258 g/mol. The molecule has 1 fully saturated rings. The molecule has 0 heterocycles. The summed E-state index contributed by atoms with van der Waals surface area (Å²) < 4.78 is 5.15. The lowest BCUT2D eigenvalue weighted by molar-refractivity contribution is -0.138. The molecule has 1 aliphatic carbocycles. The number of benzene rings is 1. The molecule has 1 amide bonds. The van der Waals surface area contributed by atoms with Gasteiger partial charge in [-0.1, -0.05) is 12.1 Å². The highest BCUT2D eigenvalue weighted by atomic mass is 16.6. The number of ether oxygens (including phenoxy) is 1. The number of nitrogens with one attached hydrogen (secondary N) is 1. The average molecular weight is 277 g/mol. The van der Waals surface area contributed by atoms with Crippen molar-refractivity contribution in [2.45, 2.75) is 38.7 Å². The van der Waals surface area contributed by atoms with Gasteiger partial charge >= 0.3 is 12.1 Å². The first-order valence-electron chi connectivity index (χ1n) is 6.59. The number of hydrogen-bond acceptors (Lipinski definition) is 3. The van der Waals surface area contributed by atoms with E-state index in [1.54, 1.807) is 32.9 Å². The van der Waals surface area contributed by atoms with Crippen molar-refractivity contribution in [2.24, 2.45) is 5.92 Å². The van der Waals surface area contributed by atoms with Gasteiger partial charge in [-0.05, 0) is 50.8 Å². The van der Waals surface area contributed by atoms with Gasteiger partial charge in [0.15, 0.2) is 0 Å². The number of aliphatic carboxylic acids is 1. The maximum atomic E-state index is 11.6. The van der Waals surface area contributed by atoms with Crippen molar-refractivity contribution in [1.29, 1.82) is 0 Å². The fourth-order valence-corrected chi connectivity index (χ4v) is 2.07. The second kappa shape index (κ2) is 5.15. The summed E-state index contributed by atoms with van der Waals surface area (Å²) >= 11 is 0. The van der Waals surface area contributed by atoms with Crippen LogP contribution in [-0.4, -0.2) is 22.8 Å². The van der Waals surface area contributed by atoms with Gasteiger partial charge in [-0.25, -0.2) is 4.79 Å². The quantitative estimate of drug-likeness (QED) is 0.889. The van der Waals surface area contributed by atoms with E-state index in [4.69, 9.17) is 9.84 Å². The van der Waals surface area contributed by atoms with Gasteiger partial charge in [-0.2, -0.15) is 0 Å². The summed E-state index contributed by atoms with van der Waals surface area (Å²) in [5.41, 5.74) is 1.09. The molecule has 2 unspecified atom stereocenters. The van der Waals surface area contributed by atoms with Crippen LogP contribution < -0.4 is 5.32 Å². The van der Waals surface area contributed by atoms with Crippen molar-refractivity contribution in [3.05, 3.63) is 29.8 Å². The third kappa shape index (κ3) is 3.73. The first-order chi connectivity index (χ1) is 9.26. The molecule has 1 saturated carbocycles. The van der Waals surface area contributed by atoms with Crippen LogP contribution in [0.2, 0.25) is 0 Å². The second-order valence-electron chi connectivity index (χ2n) is 6.04. The number of hydrogen-bond donors (Lipinski definition) is 2. The summed E-state index contributed by atoms with van der Waals surface area (Å²) in [5, 5.41) is 11.5. The minimum absolute atomic E-state index is 0.100. The number of carboxylic acids is 1. The molecule has 5 nitrogen and oxygen atoms in total. The highest BCUT2D eigenvalue weighted by molar-refractivity contribution is 5.85. The predicted octanol–water partition coefficient (Wildman–Crippen LogP) is 3.22. The van der Waals surface area contributed by atoms with Crippen LogP contribution in [-0.2, 0) is 9.53 Å². The van der Waals surface area contributed by atoms with Crippen LogP contribution in [0.25, 0.3) is 0 Å². The SMILES string of the molecule is CC(C)(C)OC(=O)Nc1ccc(C2CC2C(=O)O)cc1. The lowest BCUT2D eigenvalue weighted by atomic mass is 10.1. The Labute approximate surface area is 117 Å². The maximum absolute atomic E-state index is 11.6. The lowest BCUT2D eigenvalue weighted by Gasteiger charge is -2.19. The fraction of sp³-hybridized carbons (Fsp3) is 0.467. The zero-order chi connectivity index (χ0) is 14.9. The molecule has 0 radical (unpaired) electrons. The molecule has 2 rings (SSSR count). The summed E-state index contributed by atoms with van der Waals surface area (Å²) in [6.07, 6.45) is 0.189. The Balaban J connectivity index is 1.93. The third-order valence-corrected chi connectivity index (χ3v) is 3.09. The van der Waals surface area contributed by atoms with E-state index in [9.17, 15) is 9.59 Å². The van der Waals surface area contributed by atoms with E-state index < -0.39 is 17.7 Å². The first-order valence-corrected chi connectivity index (χ1v) is 6.59. The van der Waals surface area contributed by atoms with Gasteiger partial charge in [0.2, 0.25) is 0 Å². The van der Waals surface area contributed by atoms with Gasteiger partial charge in [0.05, 0.1) is 5.92 Å². The van der Waals surface area contributed by atoms with E-state index in [1.807, 2.05) is 12.1 Å². The number of carbonyl (C=O) groups is 2. The molecule has 108 valence electrons. The normalized spacial score (nSPS) is 21.1. The molecule has 2 N–H and O–H groups in total. The largest absolute Gasteiger partial charge is 0.481 e. The van der Waals surface area contributed by atoms with E-state index >= 15 is 0 Å². The van der Waals surface area contributed by atoms with E-state index in [1.165, 1.54) is 0 Å².